The number of carbonyl (C=O) groups excluding carboxylic acids is 2. The number of amides is 1. The molecule has 2 aromatic rings. The van der Waals surface area contributed by atoms with Gasteiger partial charge in [-0.3, -0.25) is 14.9 Å². The van der Waals surface area contributed by atoms with E-state index in [2.05, 4.69) is 5.32 Å². The highest BCUT2D eigenvalue weighted by Crippen LogP contribution is 2.32. The van der Waals surface area contributed by atoms with Crippen molar-refractivity contribution in [2.45, 2.75) is 20.8 Å². The van der Waals surface area contributed by atoms with Gasteiger partial charge in [-0.25, -0.2) is 4.79 Å². The van der Waals surface area contributed by atoms with Crippen molar-refractivity contribution in [3.8, 4) is 11.5 Å². The van der Waals surface area contributed by atoms with Crippen LogP contribution in [0.1, 0.15) is 16.7 Å². The topological polar surface area (TPSA) is 117 Å². The average Bonchev–Trinajstić information content (AvgIpc) is 2.68. The monoisotopic (exact) mass is 402 g/mol. The van der Waals surface area contributed by atoms with E-state index in [1.165, 1.54) is 19.2 Å². The van der Waals surface area contributed by atoms with Crippen molar-refractivity contribution in [3.05, 3.63) is 57.1 Å². The van der Waals surface area contributed by atoms with Crippen molar-refractivity contribution < 1.29 is 28.7 Å². The van der Waals surface area contributed by atoms with E-state index in [1.807, 2.05) is 26.0 Å². The molecule has 0 unspecified atom stereocenters. The Hall–Kier alpha value is -3.62. The van der Waals surface area contributed by atoms with Gasteiger partial charge in [-0.05, 0) is 43.5 Å². The number of benzene rings is 2. The largest absolute Gasteiger partial charge is 0.490 e. The van der Waals surface area contributed by atoms with Gasteiger partial charge in [-0.1, -0.05) is 12.1 Å². The first-order valence-electron chi connectivity index (χ1n) is 8.70. The Bertz CT molecular complexity index is 941. The third-order valence-corrected chi connectivity index (χ3v) is 4.26. The molecule has 2 rings (SSSR count). The summed E-state index contributed by atoms with van der Waals surface area (Å²) in [5.74, 6) is -0.710. The van der Waals surface area contributed by atoms with E-state index in [-0.39, 0.29) is 18.0 Å². The number of aryl methyl sites for hydroxylation is 2. The van der Waals surface area contributed by atoms with Crippen LogP contribution < -0.4 is 14.8 Å². The SMILES string of the molecule is COc1cc(NC(=O)COC(=O)COc2cccc(C)c2C)c(C)cc1[N+](=O)[O-]. The minimum atomic E-state index is -0.695. The summed E-state index contributed by atoms with van der Waals surface area (Å²) in [4.78, 5) is 34.3. The van der Waals surface area contributed by atoms with E-state index < -0.39 is 23.4 Å². The third-order valence-electron chi connectivity index (χ3n) is 4.26. The van der Waals surface area contributed by atoms with E-state index in [1.54, 1.807) is 13.0 Å². The van der Waals surface area contributed by atoms with Crippen LogP contribution in [0.15, 0.2) is 30.3 Å². The van der Waals surface area contributed by atoms with Crippen LogP contribution in [0.3, 0.4) is 0 Å². The number of rotatable bonds is 8. The fourth-order valence-electron chi connectivity index (χ4n) is 2.50. The lowest BCUT2D eigenvalue weighted by Gasteiger charge is -2.12. The fourth-order valence-corrected chi connectivity index (χ4v) is 2.50. The molecule has 0 radical (unpaired) electrons. The van der Waals surface area contributed by atoms with Gasteiger partial charge in [0.05, 0.1) is 12.0 Å². The van der Waals surface area contributed by atoms with E-state index in [9.17, 15) is 19.7 Å². The smallest absolute Gasteiger partial charge is 0.344 e. The van der Waals surface area contributed by atoms with E-state index in [0.717, 1.165) is 11.1 Å². The van der Waals surface area contributed by atoms with E-state index >= 15 is 0 Å². The third kappa shape index (κ3) is 5.68. The van der Waals surface area contributed by atoms with Gasteiger partial charge in [0.2, 0.25) is 0 Å². The number of esters is 1. The molecule has 0 aliphatic rings. The molecular weight excluding hydrogens is 380 g/mol. The predicted molar refractivity (Wildman–Crippen MR) is 105 cm³/mol. The molecule has 1 amide bonds. The van der Waals surface area contributed by atoms with Crippen molar-refractivity contribution in [2.24, 2.45) is 0 Å². The Labute approximate surface area is 167 Å². The second kappa shape index (κ2) is 9.54. The maximum atomic E-state index is 12.1. The number of hydrogen-bond acceptors (Lipinski definition) is 7. The molecule has 2 aromatic carbocycles. The van der Waals surface area contributed by atoms with Crippen LogP contribution in [0.4, 0.5) is 11.4 Å². The fraction of sp³-hybridized carbons (Fsp3) is 0.300. The van der Waals surface area contributed by atoms with Crippen LogP contribution in [0, 0.1) is 30.9 Å². The summed E-state index contributed by atoms with van der Waals surface area (Å²) >= 11 is 0. The number of nitrogens with zero attached hydrogens (tertiary/aromatic N) is 1. The van der Waals surface area contributed by atoms with E-state index in [4.69, 9.17) is 14.2 Å². The highest BCUT2D eigenvalue weighted by atomic mass is 16.6. The van der Waals surface area contributed by atoms with Crippen molar-refractivity contribution in [1.82, 2.24) is 0 Å². The number of hydrogen-bond donors (Lipinski definition) is 1. The number of carbonyl (C=O) groups is 2. The molecule has 9 nitrogen and oxygen atoms in total. The van der Waals surface area contributed by atoms with Gasteiger partial charge in [0.15, 0.2) is 19.0 Å². The molecule has 0 fully saturated rings. The lowest BCUT2D eigenvalue weighted by atomic mass is 10.1. The molecule has 0 bridgehead atoms. The van der Waals surface area contributed by atoms with Crippen molar-refractivity contribution in [2.75, 3.05) is 25.6 Å². The summed E-state index contributed by atoms with van der Waals surface area (Å²) in [5.41, 5.74) is 2.53. The zero-order valence-corrected chi connectivity index (χ0v) is 16.6. The Kier molecular flexibility index (Phi) is 7.13. The molecule has 29 heavy (non-hydrogen) atoms. The second-order valence-electron chi connectivity index (χ2n) is 6.29. The lowest BCUT2D eigenvalue weighted by Crippen LogP contribution is -2.24. The number of nitro groups is 1. The van der Waals surface area contributed by atoms with Crippen LogP contribution in [0.25, 0.3) is 0 Å². The van der Waals surface area contributed by atoms with Crippen LogP contribution in [-0.2, 0) is 14.3 Å². The molecule has 0 saturated carbocycles. The number of anilines is 1. The Morgan fingerprint density at radius 3 is 2.45 bits per heavy atom. The number of ether oxygens (including phenoxy) is 3. The minimum Gasteiger partial charge on any atom is -0.490 e. The summed E-state index contributed by atoms with van der Waals surface area (Å²) in [6.07, 6.45) is 0. The molecule has 0 heterocycles. The molecule has 0 aliphatic heterocycles. The van der Waals surface area contributed by atoms with Gasteiger partial charge >= 0.3 is 11.7 Å². The molecular formula is C20H22N2O7. The molecule has 154 valence electrons. The van der Waals surface area contributed by atoms with Crippen LogP contribution in [-0.4, -0.2) is 37.1 Å². The summed E-state index contributed by atoms with van der Waals surface area (Å²) < 4.78 is 15.3. The lowest BCUT2D eigenvalue weighted by molar-refractivity contribution is -0.385. The van der Waals surface area contributed by atoms with Crippen molar-refractivity contribution in [3.63, 3.8) is 0 Å². The number of nitro benzene ring substituents is 1. The van der Waals surface area contributed by atoms with Crippen molar-refractivity contribution >= 4 is 23.3 Å². The quantitative estimate of drug-likeness (QED) is 0.410. The molecule has 0 atom stereocenters. The standard InChI is InChI=1S/C20H22N2O7/c1-12-6-5-7-17(14(12)3)28-11-20(24)29-10-19(23)21-15-9-18(27-4)16(22(25)26)8-13(15)2/h5-9H,10-11H2,1-4H3,(H,21,23). The van der Waals surface area contributed by atoms with Gasteiger partial charge in [0, 0.05) is 17.8 Å². The second-order valence-corrected chi connectivity index (χ2v) is 6.29. The highest BCUT2D eigenvalue weighted by Gasteiger charge is 2.19. The van der Waals surface area contributed by atoms with Gasteiger partial charge in [0.25, 0.3) is 5.91 Å². The normalized spacial score (nSPS) is 10.2. The van der Waals surface area contributed by atoms with Crippen LogP contribution in [0.2, 0.25) is 0 Å². The number of methoxy groups -OCH3 is 1. The summed E-state index contributed by atoms with van der Waals surface area (Å²) in [7, 11) is 1.29. The average molecular weight is 402 g/mol. The zero-order valence-electron chi connectivity index (χ0n) is 16.6. The first-order chi connectivity index (χ1) is 13.7. The molecule has 0 aliphatic carbocycles. The molecule has 1 N–H and O–H groups in total. The molecule has 0 saturated heterocycles. The maximum Gasteiger partial charge on any atom is 0.344 e. The van der Waals surface area contributed by atoms with Crippen molar-refractivity contribution in [1.29, 1.82) is 0 Å². The predicted octanol–water partition coefficient (Wildman–Crippen LogP) is 3.09. The maximum absolute atomic E-state index is 12.1. The van der Waals surface area contributed by atoms with E-state index in [0.29, 0.717) is 17.0 Å². The first-order valence-corrected chi connectivity index (χ1v) is 8.70. The summed E-state index contributed by atoms with van der Waals surface area (Å²) in [5, 5.41) is 13.6. The molecule has 0 spiro atoms. The Morgan fingerprint density at radius 2 is 1.79 bits per heavy atom. The Balaban J connectivity index is 1.90. The zero-order chi connectivity index (χ0) is 21.6. The van der Waals surface area contributed by atoms with Crippen LogP contribution >= 0.6 is 0 Å². The minimum absolute atomic E-state index is 0.00909. The molecule has 0 aromatic heterocycles. The summed E-state index contributed by atoms with van der Waals surface area (Å²) in [6.45, 7) is 4.56. The van der Waals surface area contributed by atoms with Gasteiger partial charge < -0.3 is 19.5 Å². The first kappa shape index (κ1) is 21.7. The summed E-state index contributed by atoms with van der Waals surface area (Å²) in [6, 6.07) is 8.12. The van der Waals surface area contributed by atoms with Gasteiger partial charge in [-0.2, -0.15) is 0 Å². The number of nitrogens with one attached hydrogen (secondary N) is 1. The van der Waals surface area contributed by atoms with Crippen LogP contribution in [0.5, 0.6) is 11.5 Å². The van der Waals surface area contributed by atoms with Gasteiger partial charge in [0.1, 0.15) is 5.75 Å². The van der Waals surface area contributed by atoms with Gasteiger partial charge in [-0.15, -0.1) is 0 Å². The highest BCUT2D eigenvalue weighted by molar-refractivity contribution is 5.94. The Morgan fingerprint density at radius 1 is 1.07 bits per heavy atom. The molecule has 9 heteroatoms.